The summed E-state index contributed by atoms with van der Waals surface area (Å²) in [6.07, 6.45) is 3.88. The van der Waals surface area contributed by atoms with Crippen molar-refractivity contribution < 1.29 is 8.78 Å². The van der Waals surface area contributed by atoms with Gasteiger partial charge in [0, 0.05) is 19.6 Å². The molecular weight excluding hydrogens is 332 g/mol. The highest BCUT2D eigenvalue weighted by Gasteiger charge is 2.32. The minimum atomic E-state index is -2.26. The van der Waals surface area contributed by atoms with E-state index in [4.69, 9.17) is 0 Å². The second-order valence-corrected chi connectivity index (χ2v) is 7.26. The van der Waals surface area contributed by atoms with Crippen molar-refractivity contribution in [2.45, 2.75) is 51.6 Å². The number of halogens is 2. The molecule has 0 aromatic heterocycles. The van der Waals surface area contributed by atoms with Crippen LogP contribution in [0.5, 0.6) is 0 Å². The van der Waals surface area contributed by atoms with Gasteiger partial charge in [-0.05, 0) is 55.5 Å². The van der Waals surface area contributed by atoms with Crippen LogP contribution in [0.25, 0.3) is 6.08 Å². The Labute approximate surface area is 157 Å². The van der Waals surface area contributed by atoms with Crippen LogP contribution < -0.4 is 5.43 Å². The van der Waals surface area contributed by atoms with Gasteiger partial charge in [-0.25, -0.2) is 13.8 Å². The van der Waals surface area contributed by atoms with Gasteiger partial charge in [-0.1, -0.05) is 44.2 Å². The first-order chi connectivity index (χ1) is 12.5. The van der Waals surface area contributed by atoms with Crippen molar-refractivity contribution in [2.24, 2.45) is 5.92 Å². The number of hydrazine groups is 1. The molecule has 0 amide bonds. The van der Waals surface area contributed by atoms with Gasteiger partial charge in [-0.3, -0.25) is 10.3 Å². The molecule has 1 saturated carbocycles. The Kier molecular flexibility index (Phi) is 8.19. The Morgan fingerprint density at radius 3 is 2.73 bits per heavy atom. The molecule has 3 nitrogen and oxygen atoms in total. The first-order valence-corrected chi connectivity index (χ1v) is 9.63. The van der Waals surface area contributed by atoms with E-state index < -0.39 is 6.43 Å². The summed E-state index contributed by atoms with van der Waals surface area (Å²) >= 11 is 0. The minimum absolute atomic E-state index is 0.106. The predicted octanol–water partition coefficient (Wildman–Crippen LogP) is 4.19. The zero-order valence-corrected chi connectivity index (χ0v) is 16.3. The molecule has 1 aromatic rings. The normalized spacial score (nSPS) is 20.5. The van der Waals surface area contributed by atoms with E-state index >= 15 is 0 Å². The molecule has 0 radical (unpaired) electrons. The highest BCUT2D eigenvalue weighted by atomic mass is 19.3. The first-order valence-electron chi connectivity index (χ1n) is 9.63. The van der Waals surface area contributed by atoms with Gasteiger partial charge in [0.1, 0.15) is 0 Å². The van der Waals surface area contributed by atoms with Crippen LogP contribution in [-0.2, 0) is 13.0 Å². The Balaban J connectivity index is 2.13. The highest BCUT2D eigenvalue weighted by Crippen LogP contribution is 2.33. The number of hydrogen-bond donors (Lipinski definition) is 1. The molecule has 1 N–H and O–H groups in total. The molecule has 1 aromatic carbocycles. The average Bonchev–Trinajstić information content (AvgIpc) is 3.07. The fourth-order valence-corrected chi connectivity index (χ4v) is 4.17. The monoisotopic (exact) mass is 365 g/mol. The Bertz CT molecular complexity index is 576. The van der Waals surface area contributed by atoms with Crippen molar-refractivity contribution in [1.82, 2.24) is 15.3 Å². The van der Waals surface area contributed by atoms with Crippen LogP contribution in [0, 0.1) is 5.92 Å². The fraction of sp³-hybridized carbons (Fsp3) is 0.619. The van der Waals surface area contributed by atoms with Crippen molar-refractivity contribution in [1.29, 1.82) is 0 Å². The van der Waals surface area contributed by atoms with E-state index in [1.54, 1.807) is 0 Å². The third-order valence-corrected chi connectivity index (χ3v) is 5.58. The standard InChI is InChI=1S/C21H33F2N3/c1-5-17-11-10-16(13-19(17)14-25(4)24-3)12-18-8-7-9-20(18)26(6-2)15-21(22)23/h5,10-11,13,18,20-21,24H,1,6-9,12,14-15H2,2-4H3. The van der Waals surface area contributed by atoms with Gasteiger partial charge in [0.05, 0.1) is 6.54 Å². The quantitative estimate of drug-likeness (QED) is 0.627. The SMILES string of the molecule is C=Cc1ccc(CC2CCCC2N(CC)CC(F)F)cc1CN(C)NC. The number of nitrogens with one attached hydrogen (secondary N) is 1. The van der Waals surface area contributed by atoms with Gasteiger partial charge in [0.15, 0.2) is 0 Å². The van der Waals surface area contributed by atoms with Crippen molar-refractivity contribution in [3.8, 4) is 0 Å². The number of hydrogen-bond acceptors (Lipinski definition) is 3. The van der Waals surface area contributed by atoms with Gasteiger partial charge in [0.25, 0.3) is 6.43 Å². The van der Waals surface area contributed by atoms with Crippen LogP contribution >= 0.6 is 0 Å². The lowest BCUT2D eigenvalue weighted by atomic mass is 9.91. The molecule has 1 aliphatic carbocycles. The maximum atomic E-state index is 12.9. The Morgan fingerprint density at radius 1 is 1.35 bits per heavy atom. The molecule has 2 rings (SSSR count). The third kappa shape index (κ3) is 5.60. The van der Waals surface area contributed by atoms with E-state index in [9.17, 15) is 8.78 Å². The molecule has 0 aliphatic heterocycles. The topological polar surface area (TPSA) is 18.5 Å². The van der Waals surface area contributed by atoms with Gasteiger partial charge in [-0.15, -0.1) is 0 Å². The van der Waals surface area contributed by atoms with Gasteiger partial charge in [0.2, 0.25) is 0 Å². The van der Waals surface area contributed by atoms with Crippen LogP contribution in [0.2, 0.25) is 0 Å². The van der Waals surface area contributed by atoms with Crippen LogP contribution in [0.15, 0.2) is 24.8 Å². The molecule has 1 fully saturated rings. The average molecular weight is 366 g/mol. The summed E-state index contributed by atoms with van der Waals surface area (Å²) in [5.41, 5.74) is 6.80. The maximum Gasteiger partial charge on any atom is 0.251 e. The lowest BCUT2D eigenvalue weighted by Crippen LogP contribution is -2.41. The number of nitrogens with zero attached hydrogens (tertiary/aromatic N) is 2. The van der Waals surface area contributed by atoms with Gasteiger partial charge in [-0.2, -0.15) is 0 Å². The fourth-order valence-electron chi connectivity index (χ4n) is 4.17. The third-order valence-electron chi connectivity index (χ3n) is 5.58. The van der Waals surface area contributed by atoms with E-state index in [1.807, 2.05) is 37.0 Å². The summed E-state index contributed by atoms with van der Waals surface area (Å²) in [5.74, 6) is 0.457. The molecule has 0 heterocycles. The number of alkyl halides is 2. The van der Waals surface area contributed by atoms with E-state index in [-0.39, 0.29) is 12.6 Å². The second-order valence-electron chi connectivity index (χ2n) is 7.26. The van der Waals surface area contributed by atoms with Gasteiger partial charge >= 0.3 is 0 Å². The van der Waals surface area contributed by atoms with E-state index in [0.29, 0.717) is 12.5 Å². The molecule has 2 atom stereocenters. The van der Waals surface area contributed by atoms with Gasteiger partial charge < -0.3 is 0 Å². The van der Waals surface area contributed by atoms with E-state index in [2.05, 4.69) is 30.2 Å². The minimum Gasteiger partial charge on any atom is -0.295 e. The molecule has 0 spiro atoms. The Hall–Kier alpha value is -1.30. The smallest absolute Gasteiger partial charge is 0.251 e. The summed E-state index contributed by atoms with van der Waals surface area (Å²) in [6, 6.07) is 6.82. The maximum absolute atomic E-state index is 12.9. The second kappa shape index (κ2) is 10.1. The zero-order chi connectivity index (χ0) is 19.1. The predicted molar refractivity (Wildman–Crippen MR) is 105 cm³/mol. The van der Waals surface area contributed by atoms with Crippen molar-refractivity contribution >= 4 is 6.08 Å². The summed E-state index contributed by atoms with van der Waals surface area (Å²) in [6.45, 7) is 7.29. The molecule has 0 bridgehead atoms. The lowest BCUT2D eigenvalue weighted by Gasteiger charge is -2.32. The Morgan fingerprint density at radius 2 is 2.12 bits per heavy atom. The number of benzene rings is 1. The summed E-state index contributed by atoms with van der Waals surface area (Å²) in [4.78, 5) is 1.98. The molecule has 146 valence electrons. The molecule has 1 aliphatic rings. The molecule has 26 heavy (non-hydrogen) atoms. The van der Waals surface area contributed by atoms with Crippen LogP contribution in [-0.4, -0.2) is 49.6 Å². The molecule has 2 unspecified atom stereocenters. The summed E-state index contributed by atoms with van der Waals surface area (Å²) in [5, 5.41) is 2.03. The number of rotatable bonds is 10. The molecule has 0 saturated heterocycles. The van der Waals surface area contributed by atoms with E-state index in [0.717, 1.165) is 37.8 Å². The van der Waals surface area contributed by atoms with Crippen molar-refractivity contribution in [2.75, 3.05) is 27.2 Å². The van der Waals surface area contributed by atoms with Crippen LogP contribution in [0.3, 0.4) is 0 Å². The lowest BCUT2D eigenvalue weighted by molar-refractivity contribution is 0.0578. The molecular formula is C21H33F2N3. The van der Waals surface area contributed by atoms with Crippen molar-refractivity contribution in [3.05, 3.63) is 41.5 Å². The van der Waals surface area contributed by atoms with Crippen molar-refractivity contribution in [3.63, 3.8) is 0 Å². The summed E-state index contributed by atoms with van der Waals surface area (Å²) in [7, 11) is 3.92. The zero-order valence-electron chi connectivity index (χ0n) is 16.3. The molecule has 5 heteroatoms. The highest BCUT2D eigenvalue weighted by molar-refractivity contribution is 5.53. The van der Waals surface area contributed by atoms with E-state index in [1.165, 1.54) is 11.1 Å². The van der Waals surface area contributed by atoms with Crippen LogP contribution in [0.4, 0.5) is 8.78 Å². The van der Waals surface area contributed by atoms with Crippen LogP contribution in [0.1, 0.15) is 42.9 Å². The first kappa shape index (κ1) is 21.0. The largest absolute Gasteiger partial charge is 0.295 e. The summed E-state index contributed by atoms with van der Waals surface area (Å²) < 4.78 is 25.8.